The molecule has 0 fully saturated rings. The lowest BCUT2D eigenvalue weighted by Crippen LogP contribution is -1.97. The lowest BCUT2D eigenvalue weighted by atomic mass is 10.2. The second-order valence-corrected chi connectivity index (χ2v) is 5.80. The fourth-order valence-electron chi connectivity index (χ4n) is 1.56. The van der Waals surface area contributed by atoms with Crippen LogP contribution in [0.1, 0.15) is 11.1 Å². The van der Waals surface area contributed by atoms with Gasteiger partial charge in [-0.25, -0.2) is 0 Å². The van der Waals surface area contributed by atoms with Gasteiger partial charge in [0.15, 0.2) is 0 Å². The van der Waals surface area contributed by atoms with Crippen LogP contribution in [0.15, 0.2) is 40.9 Å². The summed E-state index contributed by atoms with van der Waals surface area (Å²) in [6.45, 7) is 0.364. The van der Waals surface area contributed by atoms with Gasteiger partial charge in [0.25, 0.3) is 0 Å². The number of hydrogen-bond acceptors (Lipinski definition) is 1. The normalized spacial score (nSPS) is 10.5. The maximum atomic E-state index is 6.10. The van der Waals surface area contributed by atoms with Gasteiger partial charge in [-0.05, 0) is 29.8 Å². The maximum Gasteiger partial charge on any atom is 0.120 e. The van der Waals surface area contributed by atoms with Crippen LogP contribution in [-0.2, 0) is 12.5 Å². The average molecular weight is 380 g/mol. The predicted molar refractivity (Wildman–Crippen MR) is 84.5 cm³/mol. The first-order valence-electron chi connectivity index (χ1n) is 5.52. The molecule has 0 bridgehead atoms. The molecule has 0 unspecified atom stereocenters. The quantitative estimate of drug-likeness (QED) is 0.585. The summed E-state index contributed by atoms with van der Waals surface area (Å²) < 4.78 is 6.67. The molecule has 0 saturated heterocycles. The van der Waals surface area contributed by atoms with Gasteiger partial charge < -0.3 is 4.74 Å². The third kappa shape index (κ3) is 3.79. The number of halogens is 4. The molecule has 0 aliphatic rings. The van der Waals surface area contributed by atoms with E-state index in [0.717, 1.165) is 21.3 Å². The molecule has 1 nitrogen and oxygen atoms in total. The Morgan fingerprint density at radius 1 is 1.05 bits per heavy atom. The topological polar surface area (TPSA) is 9.23 Å². The van der Waals surface area contributed by atoms with Crippen LogP contribution in [0, 0.1) is 0 Å². The zero-order valence-electron chi connectivity index (χ0n) is 9.80. The summed E-state index contributed by atoms with van der Waals surface area (Å²) in [6, 6.07) is 11.2. The van der Waals surface area contributed by atoms with Crippen molar-refractivity contribution in [1.82, 2.24) is 0 Å². The van der Waals surface area contributed by atoms with Crippen LogP contribution < -0.4 is 4.74 Å². The van der Waals surface area contributed by atoms with Crippen molar-refractivity contribution in [2.75, 3.05) is 0 Å². The molecule has 2 rings (SSSR count). The Kier molecular flexibility index (Phi) is 5.40. The standard InChI is InChI=1S/C14H10BrCl3O/c15-12-5-4-11(6-10(12)7-16)19-8-9-2-1-3-13(17)14(9)18/h1-6H,7-8H2. The van der Waals surface area contributed by atoms with Crippen molar-refractivity contribution in [1.29, 1.82) is 0 Å². The Balaban J connectivity index is 2.12. The van der Waals surface area contributed by atoms with Gasteiger partial charge in [-0.2, -0.15) is 0 Å². The van der Waals surface area contributed by atoms with Crippen molar-refractivity contribution >= 4 is 50.7 Å². The SMILES string of the molecule is ClCc1cc(OCc2cccc(Cl)c2Cl)ccc1Br. The first-order valence-corrected chi connectivity index (χ1v) is 7.60. The summed E-state index contributed by atoms with van der Waals surface area (Å²) in [7, 11) is 0. The van der Waals surface area contributed by atoms with Gasteiger partial charge in [0.2, 0.25) is 0 Å². The molecule has 0 spiro atoms. The van der Waals surface area contributed by atoms with Gasteiger partial charge in [-0.1, -0.05) is 51.3 Å². The molecule has 0 aliphatic carbocycles. The molecule has 100 valence electrons. The number of rotatable bonds is 4. The highest BCUT2D eigenvalue weighted by molar-refractivity contribution is 9.10. The van der Waals surface area contributed by atoms with Crippen LogP contribution in [0.4, 0.5) is 0 Å². The van der Waals surface area contributed by atoms with Crippen LogP contribution in [0.25, 0.3) is 0 Å². The minimum absolute atomic E-state index is 0.364. The number of ether oxygens (including phenoxy) is 1. The third-order valence-corrected chi connectivity index (χ3v) is 4.51. The summed E-state index contributed by atoms with van der Waals surface area (Å²) >= 11 is 21.3. The molecule has 19 heavy (non-hydrogen) atoms. The zero-order valence-corrected chi connectivity index (χ0v) is 13.7. The van der Waals surface area contributed by atoms with Gasteiger partial charge in [0.1, 0.15) is 12.4 Å². The van der Waals surface area contributed by atoms with E-state index in [1.165, 1.54) is 0 Å². The first-order chi connectivity index (χ1) is 9.11. The number of alkyl halides is 1. The molecule has 0 saturated carbocycles. The molecule has 0 amide bonds. The second kappa shape index (κ2) is 6.85. The van der Waals surface area contributed by atoms with Crippen LogP contribution >= 0.6 is 50.7 Å². The summed E-state index contributed by atoms with van der Waals surface area (Å²) in [6.07, 6.45) is 0. The van der Waals surface area contributed by atoms with Crippen molar-refractivity contribution in [2.45, 2.75) is 12.5 Å². The summed E-state index contributed by atoms with van der Waals surface area (Å²) in [5.74, 6) is 1.17. The van der Waals surface area contributed by atoms with Crippen LogP contribution in [0.5, 0.6) is 5.75 Å². The van der Waals surface area contributed by atoms with E-state index in [4.69, 9.17) is 39.5 Å². The Morgan fingerprint density at radius 3 is 2.58 bits per heavy atom. The minimum atomic E-state index is 0.364. The molecule has 0 N–H and O–H groups in total. The van der Waals surface area contributed by atoms with Gasteiger partial charge >= 0.3 is 0 Å². The van der Waals surface area contributed by atoms with Crippen LogP contribution in [-0.4, -0.2) is 0 Å². The number of benzene rings is 2. The van der Waals surface area contributed by atoms with E-state index in [-0.39, 0.29) is 0 Å². The predicted octanol–water partition coefficient (Wildman–Crippen LogP) is 6.07. The molecule has 5 heteroatoms. The van der Waals surface area contributed by atoms with Gasteiger partial charge in [0.05, 0.1) is 10.0 Å². The van der Waals surface area contributed by atoms with Crippen molar-refractivity contribution in [3.8, 4) is 5.75 Å². The van der Waals surface area contributed by atoms with E-state index in [1.807, 2.05) is 30.3 Å². The van der Waals surface area contributed by atoms with Crippen LogP contribution in [0.2, 0.25) is 10.0 Å². The highest BCUT2D eigenvalue weighted by Gasteiger charge is 2.06. The third-order valence-electron chi connectivity index (χ3n) is 2.59. The molecule has 2 aromatic carbocycles. The monoisotopic (exact) mass is 378 g/mol. The first kappa shape index (κ1) is 15.0. The Labute approximate surface area is 135 Å². The molecular weight excluding hydrogens is 370 g/mol. The smallest absolute Gasteiger partial charge is 0.120 e. The van der Waals surface area contributed by atoms with E-state index in [9.17, 15) is 0 Å². The number of hydrogen-bond donors (Lipinski definition) is 0. The highest BCUT2D eigenvalue weighted by Crippen LogP contribution is 2.28. The van der Waals surface area contributed by atoms with Crippen molar-refractivity contribution in [3.63, 3.8) is 0 Å². The minimum Gasteiger partial charge on any atom is -0.489 e. The van der Waals surface area contributed by atoms with E-state index in [2.05, 4.69) is 15.9 Å². The van der Waals surface area contributed by atoms with Crippen LogP contribution in [0.3, 0.4) is 0 Å². The van der Waals surface area contributed by atoms with E-state index < -0.39 is 0 Å². The van der Waals surface area contributed by atoms with Gasteiger partial charge in [-0.15, -0.1) is 11.6 Å². The molecule has 0 atom stereocenters. The Morgan fingerprint density at radius 2 is 1.84 bits per heavy atom. The fourth-order valence-corrected chi connectivity index (χ4v) is 2.71. The largest absolute Gasteiger partial charge is 0.489 e. The fraction of sp³-hybridized carbons (Fsp3) is 0.143. The maximum absolute atomic E-state index is 6.10. The average Bonchev–Trinajstić information content (AvgIpc) is 2.42. The van der Waals surface area contributed by atoms with E-state index in [1.54, 1.807) is 6.07 Å². The molecular formula is C14H10BrCl3O. The van der Waals surface area contributed by atoms with Crippen molar-refractivity contribution in [2.24, 2.45) is 0 Å². The Hall–Kier alpha value is -0.410. The van der Waals surface area contributed by atoms with Crippen molar-refractivity contribution < 1.29 is 4.74 Å². The van der Waals surface area contributed by atoms with E-state index in [0.29, 0.717) is 22.5 Å². The summed E-state index contributed by atoms with van der Waals surface area (Å²) in [5.41, 5.74) is 1.83. The lowest BCUT2D eigenvalue weighted by molar-refractivity contribution is 0.306. The summed E-state index contributed by atoms with van der Waals surface area (Å²) in [5, 5.41) is 1.05. The van der Waals surface area contributed by atoms with E-state index >= 15 is 0 Å². The van der Waals surface area contributed by atoms with Gasteiger partial charge in [0, 0.05) is 15.9 Å². The summed E-state index contributed by atoms with van der Waals surface area (Å²) in [4.78, 5) is 0. The van der Waals surface area contributed by atoms with Crippen molar-refractivity contribution in [3.05, 3.63) is 62.0 Å². The van der Waals surface area contributed by atoms with Gasteiger partial charge in [-0.3, -0.25) is 0 Å². The Bertz CT molecular complexity index is 587. The molecule has 0 heterocycles. The molecule has 2 aromatic rings. The second-order valence-electron chi connectivity index (χ2n) is 3.89. The molecule has 0 radical (unpaired) electrons. The lowest BCUT2D eigenvalue weighted by Gasteiger charge is -2.10. The molecule has 0 aliphatic heterocycles. The highest BCUT2D eigenvalue weighted by atomic mass is 79.9. The molecule has 0 aromatic heterocycles. The zero-order chi connectivity index (χ0) is 13.8.